The lowest BCUT2D eigenvalue weighted by atomic mass is 10.0. The molecule has 1 atom stereocenters. The van der Waals surface area contributed by atoms with Crippen LogP contribution in [0.4, 0.5) is 0 Å². The first kappa shape index (κ1) is 11.2. The summed E-state index contributed by atoms with van der Waals surface area (Å²) in [7, 11) is 0. The molecule has 0 saturated carbocycles. The topological polar surface area (TPSA) is 40.9 Å². The highest BCUT2D eigenvalue weighted by atomic mass is 79.9. The molecule has 0 aliphatic rings. The summed E-state index contributed by atoms with van der Waals surface area (Å²) < 4.78 is 0. The minimum Gasteiger partial charge on any atom is -0.298 e. The molecule has 4 heteroatoms. The zero-order valence-corrected chi connectivity index (χ0v) is 9.76. The van der Waals surface area contributed by atoms with E-state index < -0.39 is 4.83 Å². The SMILES string of the molecule is CC(=O)C(Br)c1c(Cl)cccc1C#N. The average molecular weight is 273 g/mol. The quantitative estimate of drug-likeness (QED) is 0.776. The first-order valence-corrected chi connectivity index (χ1v) is 5.20. The van der Waals surface area contributed by atoms with E-state index in [0.29, 0.717) is 16.1 Å². The van der Waals surface area contributed by atoms with Crippen molar-refractivity contribution in [1.82, 2.24) is 0 Å². The van der Waals surface area contributed by atoms with Crippen molar-refractivity contribution in [2.24, 2.45) is 0 Å². The van der Waals surface area contributed by atoms with Crippen LogP contribution in [0.1, 0.15) is 22.9 Å². The Morgan fingerprint density at radius 1 is 1.64 bits per heavy atom. The number of nitrogens with zero attached hydrogens (tertiary/aromatic N) is 1. The summed E-state index contributed by atoms with van der Waals surface area (Å²) in [5.74, 6) is -0.0744. The number of hydrogen-bond acceptors (Lipinski definition) is 2. The maximum absolute atomic E-state index is 11.1. The van der Waals surface area contributed by atoms with E-state index in [1.807, 2.05) is 6.07 Å². The van der Waals surface area contributed by atoms with Crippen LogP contribution in [0.15, 0.2) is 18.2 Å². The van der Waals surface area contributed by atoms with Crippen LogP contribution < -0.4 is 0 Å². The predicted molar refractivity (Wildman–Crippen MR) is 58.5 cm³/mol. The second-order valence-corrected chi connectivity index (χ2v) is 4.11. The third-order valence-corrected chi connectivity index (χ3v) is 3.22. The first-order chi connectivity index (χ1) is 6.57. The molecular weight excluding hydrogens is 265 g/mol. The Kier molecular flexibility index (Phi) is 3.68. The van der Waals surface area contributed by atoms with Gasteiger partial charge in [0.2, 0.25) is 0 Å². The highest BCUT2D eigenvalue weighted by Gasteiger charge is 2.19. The Hall–Kier alpha value is -0.850. The van der Waals surface area contributed by atoms with E-state index in [0.717, 1.165) is 0 Å². The summed E-state index contributed by atoms with van der Waals surface area (Å²) in [5, 5.41) is 9.26. The molecule has 2 nitrogen and oxygen atoms in total. The number of hydrogen-bond donors (Lipinski definition) is 0. The largest absolute Gasteiger partial charge is 0.298 e. The van der Waals surface area contributed by atoms with Crippen LogP contribution in [0.2, 0.25) is 5.02 Å². The fourth-order valence-electron chi connectivity index (χ4n) is 1.10. The summed E-state index contributed by atoms with van der Waals surface area (Å²) in [6.45, 7) is 1.45. The molecule has 0 aromatic heterocycles. The van der Waals surface area contributed by atoms with E-state index in [4.69, 9.17) is 16.9 Å². The van der Waals surface area contributed by atoms with Crippen LogP contribution in [0.3, 0.4) is 0 Å². The minimum atomic E-state index is -0.508. The molecule has 1 aromatic carbocycles. The van der Waals surface area contributed by atoms with Gasteiger partial charge in [-0.3, -0.25) is 4.79 Å². The summed E-state index contributed by atoms with van der Waals surface area (Å²) in [6.07, 6.45) is 0. The van der Waals surface area contributed by atoms with Gasteiger partial charge in [0.1, 0.15) is 10.6 Å². The number of carbonyl (C=O) groups is 1. The summed E-state index contributed by atoms with van der Waals surface area (Å²) in [4.78, 5) is 10.6. The molecule has 0 heterocycles. The third-order valence-electron chi connectivity index (χ3n) is 1.78. The normalized spacial score (nSPS) is 11.9. The molecular formula is C10H7BrClNO. The fraction of sp³-hybridized carbons (Fsp3) is 0.200. The maximum atomic E-state index is 11.1. The van der Waals surface area contributed by atoms with Crippen molar-refractivity contribution in [3.05, 3.63) is 34.3 Å². The van der Waals surface area contributed by atoms with Gasteiger partial charge in [0.15, 0.2) is 0 Å². The monoisotopic (exact) mass is 271 g/mol. The summed E-state index contributed by atoms with van der Waals surface area (Å²) >= 11 is 9.12. The molecule has 0 spiro atoms. The fourth-order valence-corrected chi connectivity index (χ4v) is 2.00. The molecule has 1 unspecified atom stereocenters. The zero-order chi connectivity index (χ0) is 10.7. The van der Waals surface area contributed by atoms with Crippen molar-refractivity contribution >= 4 is 33.3 Å². The molecule has 0 radical (unpaired) electrons. The van der Waals surface area contributed by atoms with Crippen LogP contribution in [-0.2, 0) is 4.79 Å². The Balaban J connectivity index is 3.32. The molecule has 1 rings (SSSR count). The van der Waals surface area contributed by atoms with Gasteiger partial charge < -0.3 is 0 Å². The van der Waals surface area contributed by atoms with Crippen LogP contribution in [0, 0.1) is 11.3 Å². The van der Waals surface area contributed by atoms with E-state index in [1.165, 1.54) is 6.92 Å². The van der Waals surface area contributed by atoms with Crippen molar-refractivity contribution in [2.45, 2.75) is 11.8 Å². The standard InChI is InChI=1S/C10H7BrClNO/c1-6(14)10(11)9-7(5-13)3-2-4-8(9)12/h2-4,10H,1H3. The molecule has 1 aromatic rings. The Labute approximate surface area is 95.6 Å². The highest BCUT2D eigenvalue weighted by Crippen LogP contribution is 2.32. The van der Waals surface area contributed by atoms with Gasteiger partial charge in [0.05, 0.1) is 11.6 Å². The first-order valence-electron chi connectivity index (χ1n) is 3.91. The Bertz CT molecular complexity index is 411. The third kappa shape index (κ3) is 2.14. The van der Waals surface area contributed by atoms with Crippen molar-refractivity contribution in [1.29, 1.82) is 5.26 Å². The van der Waals surface area contributed by atoms with Crippen molar-refractivity contribution in [3.8, 4) is 6.07 Å². The van der Waals surface area contributed by atoms with Crippen LogP contribution >= 0.6 is 27.5 Å². The molecule has 0 aliphatic heterocycles. The lowest BCUT2D eigenvalue weighted by molar-refractivity contribution is -0.116. The van der Waals surface area contributed by atoms with Crippen LogP contribution in [-0.4, -0.2) is 5.78 Å². The maximum Gasteiger partial charge on any atom is 0.147 e. The summed E-state index contributed by atoms with van der Waals surface area (Å²) in [6, 6.07) is 6.99. The number of rotatable bonds is 2. The lowest BCUT2D eigenvalue weighted by Crippen LogP contribution is -2.04. The molecule has 0 amide bonds. The number of benzene rings is 1. The van der Waals surface area contributed by atoms with Gasteiger partial charge in [-0.25, -0.2) is 0 Å². The molecule has 0 bridgehead atoms. The van der Waals surface area contributed by atoms with E-state index in [-0.39, 0.29) is 5.78 Å². The van der Waals surface area contributed by atoms with Crippen LogP contribution in [0.5, 0.6) is 0 Å². The van der Waals surface area contributed by atoms with Gasteiger partial charge in [-0.15, -0.1) is 0 Å². The van der Waals surface area contributed by atoms with E-state index in [2.05, 4.69) is 15.9 Å². The smallest absolute Gasteiger partial charge is 0.147 e. The van der Waals surface area contributed by atoms with Gasteiger partial charge in [-0.2, -0.15) is 5.26 Å². The van der Waals surface area contributed by atoms with E-state index in [9.17, 15) is 4.79 Å². The van der Waals surface area contributed by atoms with Gasteiger partial charge in [-0.1, -0.05) is 33.6 Å². The average Bonchev–Trinajstić information content (AvgIpc) is 2.16. The van der Waals surface area contributed by atoms with Gasteiger partial charge >= 0.3 is 0 Å². The van der Waals surface area contributed by atoms with Crippen LogP contribution in [0.25, 0.3) is 0 Å². The molecule has 0 N–H and O–H groups in total. The molecule has 14 heavy (non-hydrogen) atoms. The van der Waals surface area contributed by atoms with E-state index in [1.54, 1.807) is 18.2 Å². The Morgan fingerprint density at radius 2 is 2.29 bits per heavy atom. The Morgan fingerprint density at radius 3 is 2.79 bits per heavy atom. The molecule has 0 aliphatic carbocycles. The number of Topliss-reactive ketones (excluding diaryl/α,β-unsaturated/α-hetero) is 1. The van der Waals surface area contributed by atoms with Gasteiger partial charge in [0, 0.05) is 10.6 Å². The minimum absolute atomic E-state index is 0.0744. The van der Waals surface area contributed by atoms with Crippen molar-refractivity contribution in [3.63, 3.8) is 0 Å². The second kappa shape index (κ2) is 4.59. The number of carbonyl (C=O) groups excluding carboxylic acids is 1. The van der Waals surface area contributed by atoms with Gasteiger partial charge in [-0.05, 0) is 19.1 Å². The second-order valence-electron chi connectivity index (χ2n) is 2.79. The molecule has 72 valence electrons. The summed E-state index contributed by atoms with van der Waals surface area (Å²) in [5.41, 5.74) is 0.971. The van der Waals surface area contributed by atoms with E-state index >= 15 is 0 Å². The predicted octanol–water partition coefficient (Wildman–Crippen LogP) is 3.24. The van der Waals surface area contributed by atoms with Crippen molar-refractivity contribution < 1.29 is 4.79 Å². The lowest BCUT2D eigenvalue weighted by Gasteiger charge is -2.09. The number of nitriles is 1. The molecule has 0 saturated heterocycles. The highest BCUT2D eigenvalue weighted by molar-refractivity contribution is 9.09. The van der Waals surface area contributed by atoms with Crippen molar-refractivity contribution in [2.75, 3.05) is 0 Å². The number of ketones is 1. The number of halogens is 2. The number of alkyl halides is 1. The molecule has 0 fully saturated rings. The zero-order valence-electron chi connectivity index (χ0n) is 7.42. The van der Waals surface area contributed by atoms with Gasteiger partial charge in [0.25, 0.3) is 0 Å².